The highest BCUT2D eigenvalue weighted by atomic mass is 32.1. The molecule has 0 unspecified atom stereocenters. The number of aryl methyl sites for hydroxylation is 1. The first kappa shape index (κ1) is 11.8. The zero-order chi connectivity index (χ0) is 13.7. The summed E-state index contributed by atoms with van der Waals surface area (Å²) in [4.78, 5) is 21.0. The Balaban J connectivity index is 1.70. The van der Waals surface area contributed by atoms with Gasteiger partial charge in [0.05, 0.1) is 18.0 Å². The van der Waals surface area contributed by atoms with Gasteiger partial charge in [-0.05, 0) is 30.7 Å². The van der Waals surface area contributed by atoms with Crippen LogP contribution in [0.4, 0.5) is 0 Å². The van der Waals surface area contributed by atoms with Crippen LogP contribution in [0.25, 0.3) is 10.2 Å². The standard InChI is InChI=1S/C14H13N3O2S/c1-8-6-20-13-12(8)16-7-17(14(13)18)5-11-15-4-10(19-11)9-2-3-9/h4,6-7,9H,2-3,5H2,1H3. The smallest absolute Gasteiger partial charge is 0.271 e. The van der Waals surface area contributed by atoms with Crippen molar-refractivity contribution in [3.8, 4) is 0 Å². The molecule has 5 nitrogen and oxygen atoms in total. The molecule has 6 heteroatoms. The molecule has 0 N–H and O–H groups in total. The number of oxazole rings is 1. The second-order valence-electron chi connectivity index (χ2n) is 5.20. The monoisotopic (exact) mass is 287 g/mol. The third-order valence-corrected chi connectivity index (χ3v) is 4.66. The second-order valence-corrected chi connectivity index (χ2v) is 6.08. The van der Waals surface area contributed by atoms with Crippen LogP contribution in [0.15, 0.2) is 27.1 Å². The van der Waals surface area contributed by atoms with Crippen LogP contribution >= 0.6 is 11.3 Å². The van der Waals surface area contributed by atoms with Crippen molar-refractivity contribution in [1.29, 1.82) is 0 Å². The van der Waals surface area contributed by atoms with Crippen molar-refractivity contribution in [1.82, 2.24) is 14.5 Å². The van der Waals surface area contributed by atoms with Crippen LogP contribution in [0, 0.1) is 6.92 Å². The molecule has 3 heterocycles. The van der Waals surface area contributed by atoms with Gasteiger partial charge in [0, 0.05) is 5.92 Å². The number of hydrogen-bond acceptors (Lipinski definition) is 5. The molecule has 3 aromatic heterocycles. The minimum Gasteiger partial charge on any atom is -0.443 e. The number of hydrogen-bond donors (Lipinski definition) is 0. The van der Waals surface area contributed by atoms with E-state index in [2.05, 4.69) is 9.97 Å². The van der Waals surface area contributed by atoms with Crippen LogP contribution in [0.5, 0.6) is 0 Å². The summed E-state index contributed by atoms with van der Waals surface area (Å²) in [5.74, 6) is 2.05. The third kappa shape index (κ3) is 1.87. The van der Waals surface area contributed by atoms with Crippen molar-refractivity contribution >= 4 is 21.6 Å². The highest BCUT2D eigenvalue weighted by Crippen LogP contribution is 2.40. The fraction of sp³-hybridized carbons (Fsp3) is 0.357. The van der Waals surface area contributed by atoms with E-state index in [1.807, 2.05) is 12.3 Å². The SMILES string of the molecule is Cc1csc2c(=O)n(Cc3ncc(C4CC4)o3)cnc12. The highest BCUT2D eigenvalue weighted by Gasteiger charge is 2.27. The van der Waals surface area contributed by atoms with Gasteiger partial charge in [-0.25, -0.2) is 9.97 Å². The summed E-state index contributed by atoms with van der Waals surface area (Å²) in [5.41, 5.74) is 1.81. The van der Waals surface area contributed by atoms with Gasteiger partial charge in [0.2, 0.25) is 5.89 Å². The summed E-state index contributed by atoms with van der Waals surface area (Å²) >= 11 is 1.44. The van der Waals surface area contributed by atoms with Crippen molar-refractivity contribution < 1.29 is 4.42 Å². The van der Waals surface area contributed by atoms with Crippen molar-refractivity contribution in [3.63, 3.8) is 0 Å². The van der Waals surface area contributed by atoms with E-state index in [1.165, 1.54) is 24.2 Å². The van der Waals surface area contributed by atoms with E-state index >= 15 is 0 Å². The lowest BCUT2D eigenvalue weighted by atomic mass is 10.3. The van der Waals surface area contributed by atoms with Gasteiger partial charge >= 0.3 is 0 Å². The molecular weight excluding hydrogens is 274 g/mol. The van der Waals surface area contributed by atoms with E-state index in [-0.39, 0.29) is 5.56 Å². The molecule has 0 amide bonds. The normalized spacial score (nSPS) is 15.1. The van der Waals surface area contributed by atoms with Gasteiger partial charge < -0.3 is 4.42 Å². The number of thiophene rings is 1. The van der Waals surface area contributed by atoms with Gasteiger partial charge in [-0.15, -0.1) is 11.3 Å². The topological polar surface area (TPSA) is 60.9 Å². The van der Waals surface area contributed by atoms with Crippen LogP contribution in [-0.2, 0) is 6.54 Å². The zero-order valence-electron chi connectivity index (χ0n) is 11.0. The van der Waals surface area contributed by atoms with Crippen LogP contribution < -0.4 is 5.56 Å². The van der Waals surface area contributed by atoms with Gasteiger partial charge in [-0.3, -0.25) is 9.36 Å². The van der Waals surface area contributed by atoms with Gasteiger partial charge in [0.25, 0.3) is 5.56 Å². The summed E-state index contributed by atoms with van der Waals surface area (Å²) in [6.45, 7) is 2.30. The van der Waals surface area contributed by atoms with E-state index in [0.29, 0.717) is 23.1 Å². The van der Waals surface area contributed by atoms with Crippen molar-refractivity contribution in [2.24, 2.45) is 0 Å². The van der Waals surface area contributed by atoms with Gasteiger partial charge in [-0.2, -0.15) is 0 Å². The molecule has 0 spiro atoms. The predicted octanol–water partition coefficient (Wildman–Crippen LogP) is 2.68. The fourth-order valence-corrected chi connectivity index (χ4v) is 3.22. The number of aromatic nitrogens is 3. The molecule has 4 rings (SSSR count). The van der Waals surface area contributed by atoms with E-state index in [9.17, 15) is 4.79 Å². The first-order valence-electron chi connectivity index (χ1n) is 6.60. The molecule has 0 bridgehead atoms. The maximum atomic E-state index is 12.4. The molecule has 0 atom stereocenters. The largest absolute Gasteiger partial charge is 0.443 e. The summed E-state index contributed by atoms with van der Waals surface area (Å²) < 4.78 is 7.94. The number of fused-ring (bicyclic) bond motifs is 1. The first-order chi connectivity index (χ1) is 9.72. The van der Waals surface area contributed by atoms with Gasteiger partial charge in [0.15, 0.2) is 0 Å². The van der Waals surface area contributed by atoms with Crippen molar-refractivity contribution in [2.45, 2.75) is 32.2 Å². The fourth-order valence-electron chi connectivity index (χ4n) is 2.27. The lowest BCUT2D eigenvalue weighted by Gasteiger charge is -2.02. The quantitative estimate of drug-likeness (QED) is 0.743. The minimum atomic E-state index is -0.0285. The molecule has 0 aromatic carbocycles. The minimum absolute atomic E-state index is 0.0285. The molecule has 102 valence electrons. The zero-order valence-corrected chi connectivity index (χ0v) is 11.8. The molecule has 1 fully saturated rings. The Kier molecular flexibility index (Phi) is 2.53. The summed E-state index contributed by atoms with van der Waals surface area (Å²) in [7, 11) is 0. The maximum absolute atomic E-state index is 12.4. The average molecular weight is 287 g/mol. The van der Waals surface area contributed by atoms with Crippen LogP contribution in [-0.4, -0.2) is 14.5 Å². The molecule has 0 aliphatic heterocycles. The van der Waals surface area contributed by atoms with Crippen molar-refractivity contribution in [2.75, 3.05) is 0 Å². The van der Waals surface area contributed by atoms with Crippen molar-refractivity contribution in [3.05, 3.63) is 45.5 Å². The Morgan fingerprint density at radius 2 is 2.30 bits per heavy atom. The lowest BCUT2D eigenvalue weighted by Crippen LogP contribution is -2.20. The number of nitrogens with zero attached hydrogens (tertiary/aromatic N) is 3. The summed E-state index contributed by atoms with van der Waals surface area (Å²) in [6.07, 6.45) is 5.71. The molecule has 1 aliphatic rings. The molecule has 0 saturated heterocycles. The molecule has 1 saturated carbocycles. The van der Waals surface area contributed by atoms with Crippen LogP contribution in [0.1, 0.15) is 36.0 Å². The average Bonchev–Trinajstić information content (AvgIpc) is 3.08. The molecule has 3 aromatic rings. The predicted molar refractivity (Wildman–Crippen MR) is 76.2 cm³/mol. The van der Waals surface area contributed by atoms with E-state index < -0.39 is 0 Å². The van der Waals surface area contributed by atoms with Crippen LogP contribution in [0.3, 0.4) is 0 Å². The first-order valence-corrected chi connectivity index (χ1v) is 7.48. The third-order valence-electron chi connectivity index (χ3n) is 3.58. The van der Waals surface area contributed by atoms with Gasteiger partial charge in [-0.1, -0.05) is 0 Å². The van der Waals surface area contributed by atoms with Crippen LogP contribution in [0.2, 0.25) is 0 Å². The molecule has 1 aliphatic carbocycles. The Morgan fingerprint density at radius 3 is 3.10 bits per heavy atom. The van der Waals surface area contributed by atoms with E-state index in [4.69, 9.17) is 4.42 Å². The lowest BCUT2D eigenvalue weighted by molar-refractivity contribution is 0.440. The molecule has 0 radical (unpaired) electrons. The Hall–Kier alpha value is -1.95. The maximum Gasteiger partial charge on any atom is 0.271 e. The summed E-state index contributed by atoms with van der Waals surface area (Å²) in [5, 5.41) is 1.96. The number of rotatable bonds is 3. The summed E-state index contributed by atoms with van der Waals surface area (Å²) in [6, 6.07) is 0. The van der Waals surface area contributed by atoms with Gasteiger partial charge in [0.1, 0.15) is 17.0 Å². The Bertz CT molecular complexity index is 842. The Labute approximate surface area is 118 Å². The molecular formula is C14H13N3O2S. The highest BCUT2D eigenvalue weighted by molar-refractivity contribution is 7.17. The second kappa shape index (κ2) is 4.28. The Morgan fingerprint density at radius 1 is 1.45 bits per heavy atom. The molecule has 20 heavy (non-hydrogen) atoms. The van der Waals surface area contributed by atoms with E-state index in [0.717, 1.165) is 16.8 Å². The van der Waals surface area contributed by atoms with E-state index in [1.54, 1.807) is 17.1 Å².